The topological polar surface area (TPSA) is 46.5 Å². The number of aromatic hydroxyl groups is 1. The van der Waals surface area contributed by atoms with E-state index in [4.69, 9.17) is 4.74 Å². The van der Waals surface area contributed by atoms with E-state index >= 15 is 0 Å². The summed E-state index contributed by atoms with van der Waals surface area (Å²) in [6, 6.07) is 3.92. The van der Waals surface area contributed by atoms with Gasteiger partial charge in [0.15, 0.2) is 11.6 Å². The molecule has 0 spiro atoms. The molecule has 0 bridgehead atoms. The summed E-state index contributed by atoms with van der Waals surface area (Å²) in [6.07, 6.45) is 4.95. The van der Waals surface area contributed by atoms with E-state index < -0.39 is 17.5 Å². The number of benzene rings is 1. The Balaban J connectivity index is 2.48. The summed E-state index contributed by atoms with van der Waals surface area (Å²) in [5.41, 5.74) is -0.222. The zero-order valence-electron chi connectivity index (χ0n) is 11.5. The first-order chi connectivity index (χ1) is 9.06. The maximum atomic E-state index is 13.5. The van der Waals surface area contributed by atoms with Crippen LogP contribution in [0.4, 0.5) is 4.39 Å². The molecule has 0 aliphatic rings. The first-order valence-electron chi connectivity index (χ1n) is 6.74. The molecule has 0 aliphatic heterocycles. The second-order valence-corrected chi connectivity index (χ2v) is 4.70. The lowest BCUT2D eigenvalue weighted by atomic mass is 10.1. The molecular weight excluding hydrogens is 247 g/mol. The average molecular weight is 268 g/mol. The average Bonchev–Trinajstić information content (AvgIpc) is 2.38. The van der Waals surface area contributed by atoms with Gasteiger partial charge in [0.1, 0.15) is 0 Å². The Hall–Kier alpha value is -1.58. The van der Waals surface area contributed by atoms with Gasteiger partial charge in [-0.3, -0.25) is 0 Å². The molecule has 1 N–H and O–H groups in total. The molecule has 0 saturated carbocycles. The fraction of sp³-hybridized carbons (Fsp3) is 0.533. The minimum Gasteiger partial charge on any atom is -0.505 e. The van der Waals surface area contributed by atoms with Gasteiger partial charge in [-0.15, -0.1) is 0 Å². The second kappa shape index (κ2) is 7.77. The van der Waals surface area contributed by atoms with Gasteiger partial charge in [0, 0.05) is 0 Å². The maximum absolute atomic E-state index is 13.5. The van der Waals surface area contributed by atoms with Crippen molar-refractivity contribution in [2.45, 2.75) is 52.1 Å². The Morgan fingerprint density at radius 3 is 2.79 bits per heavy atom. The summed E-state index contributed by atoms with van der Waals surface area (Å²) in [5, 5.41) is 9.20. The molecule has 0 fully saturated rings. The van der Waals surface area contributed by atoms with E-state index in [1.54, 1.807) is 6.92 Å². The predicted octanol–water partition coefficient (Wildman–Crippen LogP) is 4.05. The number of phenolic OH excluding ortho intramolecular Hbond substituents is 1. The normalized spacial score (nSPS) is 12.2. The van der Waals surface area contributed by atoms with Gasteiger partial charge in [-0.2, -0.15) is 0 Å². The Labute approximate surface area is 113 Å². The van der Waals surface area contributed by atoms with Gasteiger partial charge in [-0.05, 0) is 31.9 Å². The molecule has 1 unspecified atom stereocenters. The number of carbonyl (C=O) groups excluding carboxylic acids is 1. The van der Waals surface area contributed by atoms with E-state index in [1.165, 1.54) is 24.6 Å². The number of carbonyl (C=O) groups is 1. The second-order valence-electron chi connectivity index (χ2n) is 4.70. The SMILES string of the molecule is CCCCCCC(C)OC(=O)c1cccc(O)c1F. The Morgan fingerprint density at radius 2 is 2.11 bits per heavy atom. The number of esters is 1. The van der Waals surface area contributed by atoms with E-state index in [1.807, 2.05) is 0 Å². The van der Waals surface area contributed by atoms with Crippen LogP contribution in [0.5, 0.6) is 5.75 Å². The van der Waals surface area contributed by atoms with Crippen molar-refractivity contribution in [3.63, 3.8) is 0 Å². The molecule has 0 aromatic heterocycles. The van der Waals surface area contributed by atoms with Crippen LogP contribution >= 0.6 is 0 Å². The van der Waals surface area contributed by atoms with Gasteiger partial charge < -0.3 is 9.84 Å². The molecule has 3 nitrogen and oxygen atoms in total. The number of halogens is 1. The number of hydrogen-bond donors (Lipinski definition) is 1. The van der Waals surface area contributed by atoms with Crippen molar-refractivity contribution in [1.29, 1.82) is 0 Å². The fourth-order valence-corrected chi connectivity index (χ4v) is 1.84. The van der Waals surface area contributed by atoms with E-state index in [9.17, 15) is 14.3 Å². The molecular formula is C15H21FO3. The van der Waals surface area contributed by atoms with Crippen molar-refractivity contribution in [3.8, 4) is 5.75 Å². The Kier molecular flexibility index (Phi) is 6.33. The number of ether oxygens (including phenoxy) is 1. The molecule has 19 heavy (non-hydrogen) atoms. The smallest absolute Gasteiger partial charge is 0.341 e. The third-order valence-corrected chi connectivity index (χ3v) is 2.97. The van der Waals surface area contributed by atoms with Gasteiger partial charge in [0.05, 0.1) is 11.7 Å². The molecule has 0 heterocycles. The summed E-state index contributed by atoms with van der Waals surface area (Å²) in [5.74, 6) is -2.19. The molecule has 0 radical (unpaired) electrons. The summed E-state index contributed by atoms with van der Waals surface area (Å²) < 4.78 is 18.7. The van der Waals surface area contributed by atoms with Crippen molar-refractivity contribution < 1.29 is 19.0 Å². The van der Waals surface area contributed by atoms with Crippen molar-refractivity contribution in [2.75, 3.05) is 0 Å². The first-order valence-corrected chi connectivity index (χ1v) is 6.74. The lowest BCUT2D eigenvalue weighted by molar-refractivity contribution is 0.0313. The summed E-state index contributed by atoms with van der Waals surface area (Å²) in [4.78, 5) is 11.7. The van der Waals surface area contributed by atoms with E-state index in [-0.39, 0.29) is 11.7 Å². The van der Waals surface area contributed by atoms with Gasteiger partial charge in [0.2, 0.25) is 0 Å². The monoisotopic (exact) mass is 268 g/mol. The van der Waals surface area contributed by atoms with E-state index in [2.05, 4.69) is 6.92 Å². The highest BCUT2D eigenvalue weighted by Crippen LogP contribution is 2.20. The van der Waals surface area contributed by atoms with Crippen molar-refractivity contribution >= 4 is 5.97 Å². The molecule has 0 saturated heterocycles. The van der Waals surface area contributed by atoms with Crippen molar-refractivity contribution in [3.05, 3.63) is 29.6 Å². The summed E-state index contributed by atoms with van der Waals surface area (Å²) >= 11 is 0. The zero-order valence-corrected chi connectivity index (χ0v) is 11.5. The van der Waals surface area contributed by atoms with Gasteiger partial charge in [0.25, 0.3) is 0 Å². The summed E-state index contributed by atoms with van der Waals surface area (Å²) in [6.45, 7) is 3.93. The standard InChI is InChI=1S/C15H21FO3/c1-3-4-5-6-8-11(2)19-15(18)12-9-7-10-13(17)14(12)16/h7,9-11,17H,3-6,8H2,1-2H3. The van der Waals surface area contributed by atoms with Gasteiger partial charge in [-0.1, -0.05) is 32.3 Å². The lowest BCUT2D eigenvalue weighted by Crippen LogP contribution is -2.16. The van der Waals surface area contributed by atoms with Crippen LogP contribution in [0.2, 0.25) is 0 Å². The van der Waals surface area contributed by atoms with Crippen LogP contribution in [0, 0.1) is 5.82 Å². The molecule has 1 aromatic carbocycles. The first kappa shape index (κ1) is 15.5. The molecule has 0 amide bonds. The van der Waals surface area contributed by atoms with Crippen LogP contribution in [0.15, 0.2) is 18.2 Å². The minimum absolute atomic E-state index is 0.222. The van der Waals surface area contributed by atoms with Crippen molar-refractivity contribution in [1.82, 2.24) is 0 Å². The number of phenols is 1. The molecule has 106 valence electrons. The number of rotatable bonds is 7. The van der Waals surface area contributed by atoms with Gasteiger partial charge >= 0.3 is 5.97 Å². The molecule has 1 rings (SSSR count). The van der Waals surface area contributed by atoms with Crippen molar-refractivity contribution in [2.24, 2.45) is 0 Å². The lowest BCUT2D eigenvalue weighted by Gasteiger charge is -2.13. The zero-order chi connectivity index (χ0) is 14.3. The summed E-state index contributed by atoms with van der Waals surface area (Å²) in [7, 11) is 0. The van der Waals surface area contributed by atoms with Crippen LogP contribution in [0.25, 0.3) is 0 Å². The maximum Gasteiger partial charge on any atom is 0.341 e. The highest BCUT2D eigenvalue weighted by Gasteiger charge is 2.18. The van der Waals surface area contributed by atoms with Crippen LogP contribution in [-0.4, -0.2) is 17.2 Å². The third kappa shape index (κ3) is 4.89. The van der Waals surface area contributed by atoms with Crippen LogP contribution in [-0.2, 0) is 4.74 Å². The Bertz CT molecular complexity index is 418. The highest BCUT2D eigenvalue weighted by molar-refractivity contribution is 5.90. The largest absolute Gasteiger partial charge is 0.505 e. The van der Waals surface area contributed by atoms with Crippen LogP contribution < -0.4 is 0 Å². The number of hydrogen-bond acceptors (Lipinski definition) is 3. The molecule has 0 aliphatic carbocycles. The molecule has 1 aromatic rings. The number of unbranched alkanes of at least 4 members (excludes halogenated alkanes) is 3. The van der Waals surface area contributed by atoms with Crippen LogP contribution in [0.3, 0.4) is 0 Å². The highest BCUT2D eigenvalue weighted by atomic mass is 19.1. The van der Waals surface area contributed by atoms with E-state index in [0.717, 1.165) is 25.7 Å². The Morgan fingerprint density at radius 1 is 1.37 bits per heavy atom. The molecule has 4 heteroatoms. The fourth-order valence-electron chi connectivity index (χ4n) is 1.84. The predicted molar refractivity (Wildman–Crippen MR) is 71.7 cm³/mol. The van der Waals surface area contributed by atoms with Crippen LogP contribution in [0.1, 0.15) is 56.3 Å². The van der Waals surface area contributed by atoms with E-state index in [0.29, 0.717) is 0 Å². The third-order valence-electron chi connectivity index (χ3n) is 2.97. The minimum atomic E-state index is -0.925. The quantitative estimate of drug-likeness (QED) is 0.599. The van der Waals surface area contributed by atoms with Gasteiger partial charge in [-0.25, -0.2) is 9.18 Å². The molecule has 1 atom stereocenters.